The molecule has 59 heavy (non-hydrogen) atoms. The molecule has 0 bridgehead atoms. The topological polar surface area (TPSA) is 287 Å². The molecule has 0 saturated heterocycles. The first-order chi connectivity index (χ1) is 27.0. The number of ether oxygens (including phenoxy) is 1. The Morgan fingerprint density at radius 2 is 1.34 bits per heavy atom. The van der Waals surface area contributed by atoms with E-state index in [2.05, 4.69) is 0 Å². The van der Waals surface area contributed by atoms with Crippen molar-refractivity contribution < 1.29 is 75.9 Å². The summed E-state index contributed by atoms with van der Waals surface area (Å²) in [5.74, 6) is -4.04. The standard InChI is InChI=1S/C37H46N2O16S4/c1-24-20-27(35(42)55-16-11-19-58(49,50)51)33-28(21-24)38(14-9-17-56(43,44)45)31(37(33,4)5)13-8-6-7-12-30-36(2,3)32-26(34(40)41)22-25(59(52,53)54)23-29(32)39(30)15-10-18-57(46,47)48/h6-8,12-13,20-23H,9-11,14-19H2,1-5H3,(H4-,40,41,43,44,45,46,47,48,49,50,51,52,53,54)/p+1. The molecule has 0 spiro atoms. The fourth-order valence-corrected chi connectivity index (χ4v) is 9.50. The minimum absolute atomic E-state index is 0.00231. The first kappa shape index (κ1) is 47.4. The van der Waals surface area contributed by atoms with E-state index in [1.54, 1.807) is 68.2 Å². The monoisotopic (exact) mass is 903 g/mol. The van der Waals surface area contributed by atoms with Crippen molar-refractivity contribution in [1.82, 2.24) is 0 Å². The van der Waals surface area contributed by atoms with Crippen LogP contribution in [-0.2, 0) is 56.0 Å². The second-order valence-electron chi connectivity index (χ2n) is 15.1. The highest BCUT2D eigenvalue weighted by Crippen LogP contribution is 2.50. The van der Waals surface area contributed by atoms with Gasteiger partial charge in [0.15, 0.2) is 5.71 Å². The van der Waals surface area contributed by atoms with Gasteiger partial charge in [-0.1, -0.05) is 32.1 Å². The van der Waals surface area contributed by atoms with Crippen molar-refractivity contribution in [2.45, 2.75) is 69.6 Å². The molecule has 0 unspecified atom stereocenters. The van der Waals surface area contributed by atoms with Gasteiger partial charge in [0.1, 0.15) is 11.4 Å². The number of carboxylic acid groups (broad SMARTS) is 1. The quantitative estimate of drug-likeness (QED) is 0.0463. The molecule has 4 rings (SSSR count). The maximum absolute atomic E-state index is 13.4. The molecular weight excluding hydrogens is 857 g/mol. The summed E-state index contributed by atoms with van der Waals surface area (Å²) in [6.45, 7) is 8.45. The van der Waals surface area contributed by atoms with E-state index in [-0.39, 0.29) is 55.8 Å². The van der Waals surface area contributed by atoms with Gasteiger partial charge >= 0.3 is 11.9 Å². The molecule has 5 N–H and O–H groups in total. The molecule has 22 heteroatoms. The fourth-order valence-electron chi connectivity index (χ4n) is 7.51. The van der Waals surface area contributed by atoms with E-state index in [1.165, 1.54) is 4.58 Å². The molecule has 0 aromatic heterocycles. The maximum Gasteiger partial charge on any atom is 0.338 e. The van der Waals surface area contributed by atoms with E-state index in [1.807, 2.05) is 13.8 Å². The van der Waals surface area contributed by atoms with Gasteiger partial charge in [-0.3, -0.25) is 18.2 Å². The first-order valence-corrected chi connectivity index (χ1v) is 24.3. The van der Waals surface area contributed by atoms with Crippen molar-refractivity contribution in [2.75, 3.05) is 41.9 Å². The van der Waals surface area contributed by atoms with Gasteiger partial charge < -0.3 is 14.7 Å². The van der Waals surface area contributed by atoms with E-state index in [9.17, 15) is 62.0 Å². The number of fused-ring (bicyclic) bond motifs is 2. The average Bonchev–Trinajstić information content (AvgIpc) is 3.41. The van der Waals surface area contributed by atoms with Crippen LogP contribution in [0.25, 0.3) is 0 Å². The van der Waals surface area contributed by atoms with E-state index >= 15 is 0 Å². The van der Waals surface area contributed by atoms with Crippen LogP contribution in [0.15, 0.2) is 65.2 Å². The molecule has 0 atom stereocenters. The summed E-state index contributed by atoms with van der Waals surface area (Å²) < 4.78 is 138. The van der Waals surface area contributed by atoms with Gasteiger partial charge in [-0.05, 0) is 63.5 Å². The molecule has 2 heterocycles. The van der Waals surface area contributed by atoms with Crippen LogP contribution in [0.3, 0.4) is 0 Å². The van der Waals surface area contributed by atoms with Crippen LogP contribution >= 0.6 is 0 Å². The van der Waals surface area contributed by atoms with Gasteiger partial charge in [0.05, 0.1) is 46.0 Å². The Bertz CT molecular complexity index is 2620. The molecule has 2 aliphatic heterocycles. The molecule has 0 radical (unpaired) electrons. The van der Waals surface area contributed by atoms with Gasteiger partial charge in [-0.25, -0.2) is 9.59 Å². The van der Waals surface area contributed by atoms with Crippen molar-refractivity contribution in [1.29, 1.82) is 0 Å². The molecule has 0 fully saturated rings. The lowest BCUT2D eigenvalue weighted by molar-refractivity contribution is -0.437. The average molecular weight is 904 g/mol. The zero-order valence-corrected chi connectivity index (χ0v) is 36.1. The minimum atomic E-state index is -4.87. The van der Waals surface area contributed by atoms with E-state index in [4.69, 9.17) is 9.29 Å². The number of aryl methyl sites for hydroxylation is 1. The van der Waals surface area contributed by atoms with Crippen LogP contribution in [0, 0.1) is 6.92 Å². The molecule has 2 aliphatic rings. The Balaban J connectivity index is 1.79. The van der Waals surface area contributed by atoms with Gasteiger partial charge in [0.2, 0.25) is 5.69 Å². The number of anilines is 1. The number of hydrogen-bond donors (Lipinski definition) is 5. The van der Waals surface area contributed by atoms with Crippen molar-refractivity contribution in [3.05, 3.63) is 88.2 Å². The third-order valence-corrected chi connectivity index (χ3v) is 13.1. The molecule has 0 aliphatic carbocycles. The number of carboxylic acids is 1. The first-order valence-electron chi connectivity index (χ1n) is 18.0. The third-order valence-electron chi connectivity index (χ3n) is 9.87. The number of benzene rings is 2. The lowest BCUT2D eigenvalue weighted by atomic mass is 9.79. The lowest BCUT2D eigenvalue weighted by Crippen LogP contribution is -2.29. The number of hydrogen-bond acceptors (Lipinski definition) is 12. The Kier molecular flexibility index (Phi) is 13.9. The van der Waals surface area contributed by atoms with Crippen molar-refractivity contribution >= 4 is 69.5 Å². The molecule has 324 valence electrons. The van der Waals surface area contributed by atoms with Crippen molar-refractivity contribution in [2.24, 2.45) is 0 Å². The lowest BCUT2D eigenvalue weighted by Gasteiger charge is -2.27. The molecular formula is C37H47N2O16S4+. The summed E-state index contributed by atoms with van der Waals surface area (Å²) in [7, 11) is -17.9. The van der Waals surface area contributed by atoms with Gasteiger partial charge in [-0.15, -0.1) is 0 Å². The highest BCUT2D eigenvalue weighted by atomic mass is 32.2. The number of allylic oxidation sites excluding steroid dienone is 6. The second-order valence-corrected chi connectivity index (χ2v) is 21.3. The Hall–Kier alpha value is -4.29. The third kappa shape index (κ3) is 11.5. The number of aromatic carboxylic acids is 1. The minimum Gasteiger partial charge on any atom is -0.478 e. The zero-order chi connectivity index (χ0) is 44.5. The highest BCUT2D eigenvalue weighted by molar-refractivity contribution is 7.86. The molecule has 0 saturated carbocycles. The fraction of sp³-hybridized carbons (Fsp3) is 0.432. The van der Waals surface area contributed by atoms with Gasteiger partial charge in [0, 0.05) is 47.5 Å². The van der Waals surface area contributed by atoms with Crippen LogP contribution in [0.5, 0.6) is 0 Å². The SMILES string of the molecule is Cc1cc(C(=O)OCCCS(=O)(=O)O)c2c(c1)N(CCCS(=O)(=O)O)C(=CC=CC=CC1=[N+](CCCS(=O)(=O)O)c3cc(S(=O)(=O)O)cc(C(=O)O)c3C1(C)C)C2(C)C. The van der Waals surface area contributed by atoms with Crippen LogP contribution in [0.2, 0.25) is 0 Å². The normalized spacial score (nSPS) is 17.3. The summed E-state index contributed by atoms with van der Waals surface area (Å²) in [6, 6.07) is 5.34. The van der Waals surface area contributed by atoms with E-state index < -0.39 is 91.0 Å². The van der Waals surface area contributed by atoms with Crippen LogP contribution < -0.4 is 4.90 Å². The molecule has 2 aromatic rings. The zero-order valence-electron chi connectivity index (χ0n) is 32.8. The largest absolute Gasteiger partial charge is 0.478 e. The Labute approximate surface area is 343 Å². The molecule has 2 aromatic carbocycles. The highest BCUT2D eigenvalue weighted by Gasteiger charge is 2.48. The number of carbonyl (C=O) groups is 2. The number of rotatable bonds is 18. The summed E-state index contributed by atoms with van der Waals surface area (Å²) in [4.78, 5) is 26.9. The number of nitrogens with zero attached hydrogens (tertiary/aromatic N) is 2. The summed E-state index contributed by atoms with van der Waals surface area (Å²) in [5, 5.41) is 10.1. The summed E-state index contributed by atoms with van der Waals surface area (Å²) in [6.07, 6.45) is 7.89. The maximum atomic E-state index is 13.4. The smallest absolute Gasteiger partial charge is 0.338 e. The predicted octanol–water partition coefficient (Wildman–Crippen LogP) is 4.10. The molecule has 0 amide bonds. The Morgan fingerprint density at radius 3 is 1.92 bits per heavy atom. The van der Waals surface area contributed by atoms with E-state index in [0.29, 0.717) is 28.2 Å². The van der Waals surface area contributed by atoms with Gasteiger partial charge in [-0.2, -0.15) is 38.2 Å². The van der Waals surface area contributed by atoms with E-state index in [0.717, 1.165) is 12.1 Å². The number of esters is 1. The van der Waals surface area contributed by atoms with Gasteiger partial charge in [0.25, 0.3) is 40.5 Å². The van der Waals surface area contributed by atoms with Crippen LogP contribution in [0.4, 0.5) is 11.4 Å². The summed E-state index contributed by atoms with van der Waals surface area (Å²) >= 11 is 0. The second kappa shape index (κ2) is 17.4. The van der Waals surface area contributed by atoms with Crippen molar-refractivity contribution in [3.63, 3.8) is 0 Å². The Morgan fingerprint density at radius 1 is 0.746 bits per heavy atom. The van der Waals surface area contributed by atoms with Crippen LogP contribution in [0.1, 0.15) is 84.4 Å². The number of carbonyl (C=O) groups excluding carboxylic acids is 1. The van der Waals surface area contributed by atoms with Crippen molar-refractivity contribution in [3.8, 4) is 0 Å². The van der Waals surface area contributed by atoms with Crippen LogP contribution in [-0.4, -0.2) is 116 Å². The summed E-state index contributed by atoms with van der Waals surface area (Å²) in [5.41, 5.74) is 0.794. The molecule has 18 nitrogen and oxygen atoms in total. The predicted molar refractivity (Wildman–Crippen MR) is 217 cm³/mol.